The van der Waals surface area contributed by atoms with E-state index >= 15 is 0 Å². The van der Waals surface area contributed by atoms with E-state index in [1.165, 1.54) is 24.3 Å². The quantitative estimate of drug-likeness (QED) is 0.760. The molecule has 0 spiro atoms. The lowest BCUT2D eigenvalue weighted by Crippen LogP contribution is -2.44. The molecule has 1 heterocycles. The van der Waals surface area contributed by atoms with Gasteiger partial charge in [0.2, 0.25) is 0 Å². The highest BCUT2D eigenvalue weighted by molar-refractivity contribution is 5.73. The fraction of sp³-hybridized carbons (Fsp3) is 0.333. The zero-order chi connectivity index (χ0) is 17.6. The molecule has 1 atom stereocenters. The molecule has 0 aliphatic heterocycles. The Balaban J connectivity index is 1.78. The van der Waals surface area contributed by atoms with Gasteiger partial charge in [-0.25, -0.2) is 9.18 Å². The first-order valence-electron chi connectivity index (χ1n) is 7.78. The summed E-state index contributed by atoms with van der Waals surface area (Å²) >= 11 is 0. The molecule has 0 aliphatic rings. The molecule has 2 aromatic rings. The maximum atomic E-state index is 12.9. The van der Waals surface area contributed by atoms with Crippen molar-refractivity contribution in [2.24, 2.45) is 0 Å². The molecule has 1 aromatic heterocycles. The topological polar surface area (TPSA) is 74.2 Å². The number of nitrogens with one attached hydrogen (secondary N) is 2. The first kappa shape index (κ1) is 17.9. The van der Waals surface area contributed by atoms with Crippen molar-refractivity contribution in [3.8, 4) is 0 Å². The highest BCUT2D eigenvalue weighted by Gasteiger charge is 2.23. The minimum atomic E-state index is -1.27. The van der Waals surface area contributed by atoms with Crippen LogP contribution in [0.15, 0.2) is 42.7 Å². The minimum Gasteiger partial charge on any atom is -0.384 e. The summed E-state index contributed by atoms with van der Waals surface area (Å²) in [5.41, 5.74) is 1.48. The number of pyridine rings is 1. The standard InChI is InChI=1S/C18H22FN3O2/c1-13-11-20-9-7-14(13)8-10-21-17(23)22-12-18(2,24)15-3-5-16(19)6-4-15/h3-7,9,11,24H,8,10,12H2,1-2H3,(H2,21,22,23). The van der Waals surface area contributed by atoms with E-state index < -0.39 is 5.60 Å². The number of carbonyl (C=O) groups excluding carboxylic acids is 1. The lowest BCUT2D eigenvalue weighted by atomic mass is 9.96. The molecule has 0 saturated carbocycles. The van der Waals surface area contributed by atoms with Gasteiger partial charge in [-0.15, -0.1) is 0 Å². The van der Waals surface area contributed by atoms with E-state index in [4.69, 9.17) is 0 Å². The maximum Gasteiger partial charge on any atom is 0.314 e. The van der Waals surface area contributed by atoms with Crippen LogP contribution in [-0.2, 0) is 12.0 Å². The van der Waals surface area contributed by atoms with Crippen LogP contribution in [0.4, 0.5) is 9.18 Å². The monoisotopic (exact) mass is 331 g/mol. The summed E-state index contributed by atoms with van der Waals surface area (Å²) in [4.78, 5) is 15.9. The van der Waals surface area contributed by atoms with Crippen molar-refractivity contribution in [2.45, 2.75) is 25.9 Å². The van der Waals surface area contributed by atoms with Gasteiger partial charge in [0, 0.05) is 18.9 Å². The van der Waals surface area contributed by atoms with Gasteiger partial charge < -0.3 is 15.7 Å². The second kappa shape index (κ2) is 7.88. The maximum absolute atomic E-state index is 12.9. The van der Waals surface area contributed by atoms with E-state index in [1.54, 1.807) is 19.3 Å². The third-order valence-electron chi connectivity index (χ3n) is 3.88. The van der Waals surface area contributed by atoms with Gasteiger partial charge in [-0.2, -0.15) is 0 Å². The Morgan fingerprint density at radius 2 is 1.96 bits per heavy atom. The average molecular weight is 331 g/mol. The van der Waals surface area contributed by atoms with Crippen LogP contribution in [0.25, 0.3) is 0 Å². The molecule has 5 nitrogen and oxygen atoms in total. The van der Waals surface area contributed by atoms with Crippen molar-refractivity contribution in [3.05, 3.63) is 65.2 Å². The molecule has 0 radical (unpaired) electrons. The van der Waals surface area contributed by atoms with Crippen molar-refractivity contribution in [1.29, 1.82) is 0 Å². The summed E-state index contributed by atoms with van der Waals surface area (Å²) in [5, 5.41) is 15.8. The summed E-state index contributed by atoms with van der Waals surface area (Å²) in [6.07, 6.45) is 4.22. The fourth-order valence-corrected chi connectivity index (χ4v) is 2.32. The van der Waals surface area contributed by atoms with Crippen LogP contribution >= 0.6 is 0 Å². The van der Waals surface area contributed by atoms with E-state index in [9.17, 15) is 14.3 Å². The molecule has 1 unspecified atom stereocenters. The molecule has 24 heavy (non-hydrogen) atoms. The second-order valence-electron chi connectivity index (χ2n) is 5.94. The lowest BCUT2D eigenvalue weighted by molar-refractivity contribution is 0.0593. The number of urea groups is 1. The fourth-order valence-electron chi connectivity index (χ4n) is 2.32. The molecule has 128 valence electrons. The van der Waals surface area contributed by atoms with Crippen LogP contribution in [0.1, 0.15) is 23.6 Å². The Labute approximate surface area is 140 Å². The van der Waals surface area contributed by atoms with Gasteiger partial charge >= 0.3 is 6.03 Å². The molecule has 0 saturated heterocycles. The van der Waals surface area contributed by atoms with Crippen LogP contribution in [0, 0.1) is 12.7 Å². The summed E-state index contributed by atoms with van der Waals surface area (Å²) in [5.74, 6) is -0.369. The zero-order valence-corrected chi connectivity index (χ0v) is 13.8. The Morgan fingerprint density at radius 3 is 2.62 bits per heavy atom. The number of amides is 2. The summed E-state index contributed by atoms with van der Waals surface area (Å²) < 4.78 is 12.9. The predicted molar refractivity (Wildman–Crippen MR) is 90.1 cm³/mol. The van der Waals surface area contributed by atoms with E-state index in [0.717, 1.165) is 11.1 Å². The van der Waals surface area contributed by atoms with Crippen LogP contribution in [-0.4, -0.2) is 29.2 Å². The molecule has 0 aliphatic carbocycles. The summed E-state index contributed by atoms with van der Waals surface area (Å²) in [7, 11) is 0. The Bertz CT molecular complexity index is 687. The first-order chi connectivity index (χ1) is 11.4. The number of halogens is 1. The predicted octanol–water partition coefficient (Wildman–Crippen LogP) is 2.28. The van der Waals surface area contributed by atoms with Crippen molar-refractivity contribution in [2.75, 3.05) is 13.1 Å². The zero-order valence-electron chi connectivity index (χ0n) is 13.8. The summed E-state index contributed by atoms with van der Waals surface area (Å²) in [6, 6.07) is 7.13. The van der Waals surface area contributed by atoms with E-state index in [-0.39, 0.29) is 18.4 Å². The molecule has 2 amide bonds. The number of aromatic nitrogens is 1. The number of aryl methyl sites for hydroxylation is 1. The Hall–Kier alpha value is -2.47. The number of aliphatic hydroxyl groups is 1. The molecular formula is C18H22FN3O2. The molecule has 6 heteroatoms. The molecule has 0 bridgehead atoms. The van der Waals surface area contributed by atoms with Crippen LogP contribution in [0.5, 0.6) is 0 Å². The molecule has 2 rings (SSSR count). The molecule has 1 aromatic carbocycles. The van der Waals surface area contributed by atoms with Crippen molar-refractivity contribution in [3.63, 3.8) is 0 Å². The molecular weight excluding hydrogens is 309 g/mol. The third kappa shape index (κ3) is 5.03. The van der Waals surface area contributed by atoms with E-state index in [0.29, 0.717) is 18.5 Å². The molecule has 0 fully saturated rings. The van der Waals surface area contributed by atoms with Gasteiger partial charge in [0.1, 0.15) is 11.4 Å². The van der Waals surface area contributed by atoms with Crippen LogP contribution in [0.3, 0.4) is 0 Å². The number of carbonyl (C=O) groups is 1. The van der Waals surface area contributed by atoms with Crippen LogP contribution < -0.4 is 10.6 Å². The number of hydrogen-bond donors (Lipinski definition) is 3. The van der Waals surface area contributed by atoms with Crippen LogP contribution in [0.2, 0.25) is 0 Å². The number of hydrogen-bond acceptors (Lipinski definition) is 3. The smallest absolute Gasteiger partial charge is 0.314 e. The molecule has 3 N–H and O–H groups in total. The van der Waals surface area contributed by atoms with Crippen molar-refractivity contribution >= 4 is 6.03 Å². The third-order valence-corrected chi connectivity index (χ3v) is 3.88. The SMILES string of the molecule is Cc1cnccc1CCNC(=O)NCC(C)(O)c1ccc(F)cc1. The van der Waals surface area contributed by atoms with Gasteiger partial charge in [0.05, 0.1) is 6.54 Å². The van der Waals surface area contributed by atoms with E-state index in [1.807, 2.05) is 13.0 Å². The van der Waals surface area contributed by atoms with Crippen molar-refractivity contribution < 1.29 is 14.3 Å². The largest absolute Gasteiger partial charge is 0.384 e. The van der Waals surface area contributed by atoms with Gasteiger partial charge in [-0.1, -0.05) is 12.1 Å². The Morgan fingerprint density at radius 1 is 1.25 bits per heavy atom. The van der Waals surface area contributed by atoms with Gasteiger partial charge in [0.25, 0.3) is 0 Å². The Kier molecular flexibility index (Phi) is 5.87. The van der Waals surface area contributed by atoms with E-state index in [2.05, 4.69) is 15.6 Å². The lowest BCUT2D eigenvalue weighted by Gasteiger charge is -2.24. The normalized spacial score (nSPS) is 13.2. The highest BCUT2D eigenvalue weighted by atomic mass is 19.1. The number of benzene rings is 1. The highest BCUT2D eigenvalue weighted by Crippen LogP contribution is 2.19. The van der Waals surface area contributed by atoms with Gasteiger partial charge in [0.15, 0.2) is 0 Å². The van der Waals surface area contributed by atoms with Gasteiger partial charge in [-0.05, 0) is 55.2 Å². The summed E-state index contributed by atoms with van der Waals surface area (Å²) in [6.45, 7) is 4.05. The average Bonchev–Trinajstić information content (AvgIpc) is 2.55. The number of rotatable bonds is 6. The minimum absolute atomic E-state index is 0.0265. The van der Waals surface area contributed by atoms with Gasteiger partial charge in [-0.3, -0.25) is 4.98 Å². The second-order valence-corrected chi connectivity index (χ2v) is 5.94. The van der Waals surface area contributed by atoms with Crippen molar-refractivity contribution in [1.82, 2.24) is 15.6 Å². The number of nitrogens with zero attached hydrogens (tertiary/aromatic N) is 1. The first-order valence-corrected chi connectivity index (χ1v) is 7.78.